The van der Waals surface area contributed by atoms with Crippen LogP contribution >= 0.6 is 46.1 Å². The zero-order chi connectivity index (χ0) is 19.1. The zero-order valence-electron chi connectivity index (χ0n) is 13.1. The van der Waals surface area contributed by atoms with Crippen molar-refractivity contribution in [1.82, 2.24) is 0 Å². The highest BCUT2D eigenvalue weighted by molar-refractivity contribution is 7.19. The minimum atomic E-state index is -4.88. The van der Waals surface area contributed by atoms with Gasteiger partial charge in [-0.15, -0.1) is 11.3 Å². The van der Waals surface area contributed by atoms with Crippen molar-refractivity contribution in [2.75, 3.05) is 0 Å². The first kappa shape index (κ1) is 19.8. The van der Waals surface area contributed by atoms with Crippen LogP contribution in [0.25, 0.3) is 10.1 Å². The van der Waals surface area contributed by atoms with Gasteiger partial charge in [0.2, 0.25) is 0 Å². The molecule has 0 bridgehead atoms. The Labute approximate surface area is 166 Å². The highest BCUT2D eigenvalue weighted by atomic mass is 35.5. The van der Waals surface area contributed by atoms with E-state index in [2.05, 4.69) is 0 Å². The number of hydrogen-bond acceptors (Lipinski definition) is 2. The highest BCUT2D eigenvalue weighted by Gasteiger charge is 2.54. The number of hydrogen-bond donors (Lipinski definition) is 1. The van der Waals surface area contributed by atoms with Crippen molar-refractivity contribution in [1.29, 1.82) is 0 Å². The maximum Gasteiger partial charge on any atom is 0.421 e. The summed E-state index contributed by atoms with van der Waals surface area (Å²) in [5.74, 6) is 0. The lowest BCUT2D eigenvalue weighted by Gasteiger charge is -2.31. The second kappa shape index (κ2) is 7.21. The Morgan fingerprint density at radius 2 is 1.62 bits per heavy atom. The summed E-state index contributed by atoms with van der Waals surface area (Å²) in [7, 11) is 0. The van der Waals surface area contributed by atoms with Gasteiger partial charge in [-0.05, 0) is 54.8 Å². The van der Waals surface area contributed by atoms with E-state index in [0.29, 0.717) is 9.90 Å². The zero-order valence-corrected chi connectivity index (χ0v) is 16.2. The standard InChI is InChI=1S/C18H12Cl3F3OS/c19-11-6-10(7-12(20)8-11)17(25,18(22,23)24)5-4-13-9-14-15(21)2-1-3-16(14)26-13/h1-3,6-9,25H,4-5H2. The van der Waals surface area contributed by atoms with Crippen LogP contribution in [0.15, 0.2) is 42.5 Å². The third-order valence-electron chi connectivity index (χ3n) is 4.10. The van der Waals surface area contributed by atoms with Crippen LogP contribution in [0.5, 0.6) is 0 Å². The lowest BCUT2D eigenvalue weighted by Crippen LogP contribution is -2.42. The summed E-state index contributed by atoms with van der Waals surface area (Å²) in [6.45, 7) is 0. The Balaban J connectivity index is 1.94. The van der Waals surface area contributed by atoms with Crippen molar-refractivity contribution in [2.24, 2.45) is 0 Å². The van der Waals surface area contributed by atoms with Gasteiger partial charge in [-0.25, -0.2) is 0 Å². The van der Waals surface area contributed by atoms with Crippen LogP contribution in [0, 0.1) is 0 Å². The summed E-state index contributed by atoms with van der Waals surface area (Å²) in [6, 6.07) is 10.6. The molecule has 2 aromatic carbocycles. The highest BCUT2D eigenvalue weighted by Crippen LogP contribution is 2.44. The second-order valence-corrected chi connectivity index (χ2v) is 8.33. The molecule has 0 saturated heterocycles. The number of aliphatic hydroxyl groups is 1. The van der Waals surface area contributed by atoms with Crippen molar-refractivity contribution >= 4 is 56.2 Å². The predicted octanol–water partition coefficient (Wildman–Crippen LogP) is 7.24. The van der Waals surface area contributed by atoms with E-state index in [4.69, 9.17) is 34.8 Å². The third-order valence-corrected chi connectivity index (χ3v) is 6.03. The largest absolute Gasteiger partial charge is 0.421 e. The van der Waals surface area contributed by atoms with Crippen LogP contribution in [0.1, 0.15) is 16.9 Å². The third kappa shape index (κ3) is 3.82. The predicted molar refractivity (Wildman–Crippen MR) is 102 cm³/mol. The minimum Gasteiger partial charge on any atom is -0.376 e. The Hall–Kier alpha value is -0.980. The van der Waals surface area contributed by atoms with E-state index in [-0.39, 0.29) is 22.0 Å². The van der Waals surface area contributed by atoms with Crippen LogP contribution < -0.4 is 0 Å². The molecule has 1 heterocycles. The number of halogens is 6. The molecule has 1 aromatic heterocycles. The molecule has 1 N–H and O–H groups in total. The molecule has 138 valence electrons. The van der Waals surface area contributed by atoms with Crippen molar-refractivity contribution in [3.05, 3.63) is 68.0 Å². The summed E-state index contributed by atoms with van der Waals surface area (Å²) in [5, 5.41) is 11.9. The van der Waals surface area contributed by atoms with E-state index in [0.717, 1.165) is 22.2 Å². The van der Waals surface area contributed by atoms with Gasteiger partial charge in [0.25, 0.3) is 0 Å². The monoisotopic (exact) mass is 438 g/mol. The normalized spacial score (nSPS) is 14.6. The van der Waals surface area contributed by atoms with E-state index in [1.165, 1.54) is 17.4 Å². The van der Waals surface area contributed by atoms with Gasteiger partial charge in [-0.2, -0.15) is 13.2 Å². The number of alkyl halides is 3. The fourth-order valence-electron chi connectivity index (χ4n) is 2.75. The molecule has 0 aliphatic heterocycles. The average molecular weight is 440 g/mol. The Bertz CT molecular complexity index is 934. The summed E-state index contributed by atoms with van der Waals surface area (Å²) in [5.41, 5.74) is -3.43. The molecule has 0 saturated carbocycles. The molecule has 0 aliphatic rings. The lowest BCUT2D eigenvalue weighted by molar-refractivity contribution is -0.269. The molecule has 3 aromatic rings. The van der Waals surface area contributed by atoms with Crippen LogP contribution in [0.2, 0.25) is 15.1 Å². The number of fused-ring (bicyclic) bond motifs is 1. The van der Waals surface area contributed by atoms with E-state index in [1.807, 2.05) is 6.07 Å². The molecule has 1 nitrogen and oxygen atoms in total. The Kier molecular flexibility index (Phi) is 5.48. The van der Waals surface area contributed by atoms with Gasteiger partial charge >= 0.3 is 6.18 Å². The van der Waals surface area contributed by atoms with Crippen molar-refractivity contribution < 1.29 is 18.3 Å². The first-order valence-electron chi connectivity index (χ1n) is 7.53. The first-order chi connectivity index (χ1) is 12.1. The molecule has 1 unspecified atom stereocenters. The summed E-state index contributed by atoms with van der Waals surface area (Å²) in [4.78, 5) is 0.698. The van der Waals surface area contributed by atoms with E-state index in [9.17, 15) is 18.3 Å². The molecule has 0 amide bonds. The van der Waals surface area contributed by atoms with Crippen molar-refractivity contribution in [3.63, 3.8) is 0 Å². The molecule has 1 atom stereocenters. The fraction of sp³-hybridized carbons (Fsp3) is 0.222. The topological polar surface area (TPSA) is 20.2 Å². The first-order valence-corrected chi connectivity index (χ1v) is 9.48. The molecule has 3 rings (SSSR count). The van der Waals surface area contributed by atoms with Crippen LogP contribution in [-0.2, 0) is 12.0 Å². The van der Waals surface area contributed by atoms with Crippen molar-refractivity contribution in [2.45, 2.75) is 24.6 Å². The quantitative estimate of drug-likeness (QED) is 0.454. The molecule has 0 fully saturated rings. The lowest BCUT2D eigenvalue weighted by atomic mass is 9.88. The van der Waals surface area contributed by atoms with E-state index >= 15 is 0 Å². The fourth-order valence-corrected chi connectivity index (χ4v) is 4.65. The maximum absolute atomic E-state index is 13.7. The van der Waals surface area contributed by atoms with Crippen molar-refractivity contribution in [3.8, 4) is 0 Å². The molecule has 8 heteroatoms. The SMILES string of the molecule is OC(CCc1cc2c(Cl)cccc2s1)(c1cc(Cl)cc(Cl)c1)C(F)(F)F. The number of thiophene rings is 1. The summed E-state index contributed by atoms with van der Waals surface area (Å²) >= 11 is 19.1. The van der Waals surface area contributed by atoms with E-state index < -0.39 is 18.2 Å². The number of rotatable bonds is 4. The average Bonchev–Trinajstić information content (AvgIpc) is 2.95. The summed E-state index contributed by atoms with van der Waals surface area (Å²) < 4.78 is 41.9. The van der Waals surface area contributed by atoms with Gasteiger partial charge in [0.15, 0.2) is 5.60 Å². The number of aryl methyl sites for hydroxylation is 1. The summed E-state index contributed by atoms with van der Waals surface area (Å²) in [6.07, 6.45) is -5.41. The smallest absolute Gasteiger partial charge is 0.376 e. The van der Waals surface area contributed by atoms with E-state index in [1.54, 1.807) is 18.2 Å². The molecular formula is C18H12Cl3F3OS. The maximum atomic E-state index is 13.7. The second-order valence-electron chi connectivity index (χ2n) is 5.88. The van der Waals surface area contributed by atoms with Gasteiger partial charge in [-0.3, -0.25) is 0 Å². The van der Waals surface area contributed by atoms with Gasteiger partial charge in [0.05, 0.1) is 0 Å². The molecular weight excluding hydrogens is 428 g/mol. The minimum absolute atomic E-state index is 0.0236. The molecule has 26 heavy (non-hydrogen) atoms. The van der Waals surface area contributed by atoms with Crippen LogP contribution in [0.4, 0.5) is 13.2 Å². The van der Waals surface area contributed by atoms with Gasteiger partial charge < -0.3 is 5.11 Å². The number of benzene rings is 2. The Morgan fingerprint density at radius 3 is 2.19 bits per heavy atom. The molecule has 0 aliphatic carbocycles. The van der Waals surface area contributed by atoms with Gasteiger partial charge in [-0.1, -0.05) is 40.9 Å². The van der Waals surface area contributed by atoms with Crippen LogP contribution in [0.3, 0.4) is 0 Å². The van der Waals surface area contributed by atoms with Crippen LogP contribution in [-0.4, -0.2) is 11.3 Å². The van der Waals surface area contributed by atoms with Gasteiger partial charge in [0, 0.05) is 30.0 Å². The molecule has 0 spiro atoms. The Morgan fingerprint density at radius 1 is 0.962 bits per heavy atom. The van der Waals surface area contributed by atoms with Gasteiger partial charge in [0.1, 0.15) is 0 Å². The molecule has 0 radical (unpaired) electrons.